The largest absolute Gasteiger partial charge is 0.394 e. The van der Waals surface area contributed by atoms with Crippen LogP contribution in [-0.4, -0.2) is 61.3 Å². The molecule has 0 amide bonds. The van der Waals surface area contributed by atoms with Gasteiger partial charge in [0.15, 0.2) is 11.5 Å². The third-order valence-corrected chi connectivity index (χ3v) is 4.13. The molecule has 6 N–H and O–H groups in total. The first-order valence-electron chi connectivity index (χ1n) is 6.64. The number of imidazole rings is 1. The maximum atomic E-state index is 10.3. The lowest BCUT2D eigenvalue weighted by Gasteiger charge is -2.38. The number of ether oxygens (including phenoxy) is 2. The Morgan fingerprint density at radius 3 is 2.82 bits per heavy atom. The van der Waals surface area contributed by atoms with Crippen molar-refractivity contribution in [1.82, 2.24) is 19.6 Å². The maximum absolute atomic E-state index is 10.3. The molecule has 0 unspecified atom stereocenters. The summed E-state index contributed by atoms with van der Waals surface area (Å²) in [7, 11) is 1.39. The van der Waals surface area contributed by atoms with Crippen LogP contribution in [0.1, 0.15) is 12.6 Å². The number of rotatable bonds is 3. The molecule has 0 spiro atoms. The second-order valence-electron chi connectivity index (χ2n) is 5.41. The van der Waals surface area contributed by atoms with Gasteiger partial charge in [-0.1, -0.05) is 0 Å². The zero-order valence-electron chi connectivity index (χ0n) is 12.2. The molecule has 3 heterocycles. The summed E-state index contributed by atoms with van der Waals surface area (Å²) in [6.45, 7) is 1.16. The van der Waals surface area contributed by atoms with Crippen LogP contribution in [0.15, 0.2) is 12.5 Å². The first-order chi connectivity index (χ1) is 10.4. The second-order valence-corrected chi connectivity index (χ2v) is 5.41. The highest BCUT2D eigenvalue weighted by Crippen LogP contribution is 2.46. The van der Waals surface area contributed by atoms with E-state index in [9.17, 15) is 10.2 Å². The zero-order chi connectivity index (χ0) is 16.1. The lowest BCUT2D eigenvalue weighted by atomic mass is 9.85. The first kappa shape index (κ1) is 15.1. The molecule has 22 heavy (non-hydrogen) atoms. The Balaban J connectivity index is 2.24. The Labute approximate surface area is 125 Å². The number of aliphatic hydroxyl groups is 2. The molecule has 0 aromatic carbocycles. The molecular formula is C12H18N6O4. The normalized spacial score (nSPS) is 35.3. The zero-order valence-corrected chi connectivity index (χ0v) is 12.2. The van der Waals surface area contributed by atoms with Crippen LogP contribution >= 0.6 is 0 Å². The molecule has 1 aliphatic rings. The summed E-state index contributed by atoms with van der Waals surface area (Å²) in [5.74, 6) is -1.37. The van der Waals surface area contributed by atoms with Gasteiger partial charge in [0.1, 0.15) is 29.8 Å². The average Bonchev–Trinajstić information content (AvgIpc) is 3.01. The van der Waals surface area contributed by atoms with Crippen LogP contribution < -0.4 is 11.5 Å². The molecule has 1 aliphatic heterocycles. The lowest BCUT2D eigenvalue weighted by Crippen LogP contribution is -2.60. The summed E-state index contributed by atoms with van der Waals surface area (Å²) in [4.78, 5) is 8.01. The SMILES string of the molecule is CO[C@@]1(c2cnc3c(N)ncnn23)O[C@H](CO)[C@@H](O)[C@@]1(C)N. The fraction of sp³-hybridized carbons (Fsp3) is 0.583. The Morgan fingerprint density at radius 1 is 1.50 bits per heavy atom. The van der Waals surface area contributed by atoms with E-state index in [4.69, 9.17) is 20.9 Å². The Morgan fingerprint density at radius 2 is 2.23 bits per heavy atom. The molecule has 1 fully saturated rings. The Kier molecular flexibility index (Phi) is 3.30. The topological polar surface area (TPSA) is 154 Å². The van der Waals surface area contributed by atoms with E-state index in [1.807, 2.05) is 0 Å². The molecule has 10 nitrogen and oxygen atoms in total. The van der Waals surface area contributed by atoms with Gasteiger partial charge in [0.05, 0.1) is 12.8 Å². The number of methoxy groups -OCH3 is 1. The molecular weight excluding hydrogens is 292 g/mol. The van der Waals surface area contributed by atoms with Crippen molar-refractivity contribution in [2.45, 2.75) is 30.5 Å². The van der Waals surface area contributed by atoms with Crippen molar-refractivity contribution in [1.29, 1.82) is 0 Å². The van der Waals surface area contributed by atoms with E-state index in [-0.39, 0.29) is 5.82 Å². The van der Waals surface area contributed by atoms with Crippen LogP contribution in [0, 0.1) is 0 Å². The van der Waals surface area contributed by atoms with Crippen LogP contribution in [0.4, 0.5) is 5.82 Å². The van der Waals surface area contributed by atoms with E-state index in [1.54, 1.807) is 6.92 Å². The number of hydrogen-bond acceptors (Lipinski definition) is 9. The number of fused-ring (bicyclic) bond motifs is 1. The van der Waals surface area contributed by atoms with E-state index in [0.29, 0.717) is 11.3 Å². The van der Waals surface area contributed by atoms with Crippen molar-refractivity contribution in [3.8, 4) is 0 Å². The minimum Gasteiger partial charge on any atom is -0.394 e. The number of nitrogens with zero attached hydrogens (tertiary/aromatic N) is 4. The van der Waals surface area contributed by atoms with Crippen molar-refractivity contribution < 1.29 is 19.7 Å². The number of nitrogen functional groups attached to an aromatic ring is 1. The van der Waals surface area contributed by atoms with E-state index < -0.39 is 30.1 Å². The van der Waals surface area contributed by atoms with Gasteiger partial charge in [-0.25, -0.2) is 14.5 Å². The summed E-state index contributed by atoms with van der Waals surface area (Å²) >= 11 is 0. The van der Waals surface area contributed by atoms with Gasteiger partial charge < -0.3 is 31.2 Å². The quantitative estimate of drug-likeness (QED) is 0.502. The summed E-state index contributed by atoms with van der Waals surface area (Å²) in [6.07, 6.45) is 0.656. The van der Waals surface area contributed by atoms with Crippen molar-refractivity contribution in [2.24, 2.45) is 5.73 Å². The molecule has 120 valence electrons. The van der Waals surface area contributed by atoms with Gasteiger partial charge in [-0.05, 0) is 6.92 Å². The van der Waals surface area contributed by atoms with Crippen molar-refractivity contribution >= 4 is 11.5 Å². The highest BCUT2D eigenvalue weighted by Gasteiger charge is 2.64. The second kappa shape index (κ2) is 4.83. The molecule has 0 aliphatic carbocycles. The van der Waals surface area contributed by atoms with Gasteiger partial charge in [0.2, 0.25) is 5.79 Å². The number of aliphatic hydroxyl groups excluding tert-OH is 2. The number of nitrogens with two attached hydrogens (primary N) is 2. The highest BCUT2D eigenvalue weighted by molar-refractivity contribution is 5.59. The Bertz CT molecular complexity index is 704. The number of aromatic nitrogens is 4. The fourth-order valence-corrected chi connectivity index (χ4v) is 2.89. The fourth-order valence-electron chi connectivity index (χ4n) is 2.89. The molecule has 0 saturated carbocycles. The van der Waals surface area contributed by atoms with Gasteiger partial charge in [-0.2, -0.15) is 5.10 Å². The van der Waals surface area contributed by atoms with Gasteiger partial charge >= 0.3 is 0 Å². The van der Waals surface area contributed by atoms with E-state index >= 15 is 0 Å². The molecule has 0 bridgehead atoms. The minimum atomic E-state index is -1.56. The molecule has 3 rings (SSSR count). The van der Waals surface area contributed by atoms with E-state index in [2.05, 4.69) is 15.1 Å². The van der Waals surface area contributed by atoms with Crippen LogP contribution in [0.3, 0.4) is 0 Å². The molecule has 2 aromatic heterocycles. The van der Waals surface area contributed by atoms with Crippen LogP contribution in [0.25, 0.3) is 5.65 Å². The highest BCUT2D eigenvalue weighted by atomic mass is 16.7. The monoisotopic (exact) mass is 310 g/mol. The third kappa shape index (κ3) is 1.69. The van der Waals surface area contributed by atoms with Gasteiger partial charge in [0.25, 0.3) is 0 Å². The predicted molar refractivity (Wildman–Crippen MR) is 74.4 cm³/mol. The van der Waals surface area contributed by atoms with Gasteiger partial charge in [-0.15, -0.1) is 0 Å². The van der Waals surface area contributed by atoms with E-state index in [1.165, 1.54) is 24.1 Å². The standard InChI is InChI=1S/C12H18N6O4/c1-11(14)8(20)6(4-19)22-12(11,21-2)7-3-15-10-9(13)16-5-17-18(7)10/h3,5-6,8,19-20H,4,14H2,1-2H3,(H2,13,16,17)/t6-,8-,11-,12+/m1/s1. The van der Waals surface area contributed by atoms with Gasteiger partial charge in [-0.3, -0.25) is 0 Å². The first-order valence-corrected chi connectivity index (χ1v) is 6.64. The average molecular weight is 310 g/mol. The third-order valence-electron chi connectivity index (χ3n) is 4.13. The minimum absolute atomic E-state index is 0.184. The summed E-state index contributed by atoms with van der Waals surface area (Å²) < 4.78 is 12.7. The van der Waals surface area contributed by atoms with Crippen LogP contribution in [0.5, 0.6) is 0 Å². The van der Waals surface area contributed by atoms with Crippen molar-refractivity contribution in [3.63, 3.8) is 0 Å². The van der Waals surface area contributed by atoms with Crippen LogP contribution in [0.2, 0.25) is 0 Å². The molecule has 1 saturated heterocycles. The maximum Gasteiger partial charge on any atom is 0.235 e. The lowest BCUT2D eigenvalue weighted by molar-refractivity contribution is -0.249. The Hall–Kier alpha value is -1.85. The number of hydrogen-bond donors (Lipinski definition) is 4. The molecule has 2 aromatic rings. The number of anilines is 1. The summed E-state index contributed by atoms with van der Waals surface area (Å²) in [5, 5.41) is 23.8. The summed E-state index contributed by atoms with van der Waals surface area (Å²) in [5.41, 5.74) is 11.3. The molecule has 10 heteroatoms. The smallest absolute Gasteiger partial charge is 0.235 e. The van der Waals surface area contributed by atoms with Crippen molar-refractivity contribution in [2.75, 3.05) is 19.5 Å². The molecule has 0 radical (unpaired) electrons. The van der Waals surface area contributed by atoms with Crippen molar-refractivity contribution in [3.05, 3.63) is 18.2 Å². The van der Waals surface area contributed by atoms with Gasteiger partial charge in [0, 0.05) is 7.11 Å². The predicted octanol–water partition coefficient (Wildman–Crippen LogP) is -2.02. The van der Waals surface area contributed by atoms with E-state index in [0.717, 1.165) is 0 Å². The molecule has 4 atom stereocenters. The van der Waals surface area contributed by atoms with Crippen LogP contribution in [-0.2, 0) is 15.3 Å². The summed E-state index contributed by atoms with van der Waals surface area (Å²) in [6, 6.07) is 0.